The van der Waals surface area contributed by atoms with Crippen molar-refractivity contribution in [2.45, 2.75) is 19.8 Å². The normalized spacial score (nSPS) is 10.4. The van der Waals surface area contributed by atoms with Crippen LogP contribution in [0.15, 0.2) is 30.9 Å². The fraction of sp³-hybridized carbons (Fsp3) is 0.300. The van der Waals surface area contributed by atoms with E-state index < -0.39 is 0 Å². The number of aromatic nitrogens is 4. The summed E-state index contributed by atoms with van der Waals surface area (Å²) in [5.74, 6) is 0.620. The Bertz CT molecular complexity index is 377. The molecular weight excluding hydrogens is 176 g/mol. The van der Waals surface area contributed by atoms with E-state index in [0.717, 1.165) is 12.8 Å². The fourth-order valence-electron chi connectivity index (χ4n) is 1.27. The quantitative estimate of drug-likeness (QED) is 0.735. The van der Waals surface area contributed by atoms with E-state index in [0.29, 0.717) is 5.95 Å². The lowest BCUT2D eigenvalue weighted by Gasteiger charge is -2.00. The van der Waals surface area contributed by atoms with Gasteiger partial charge in [0, 0.05) is 24.8 Å². The molecule has 0 aliphatic rings. The van der Waals surface area contributed by atoms with Crippen molar-refractivity contribution < 1.29 is 0 Å². The zero-order chi connectivity index (χ0) is 9.80. The number of nitrogens with zero attached hydrogens (tertiary/aromatic N) is 4. The van der Waals surface area contributed by atoms with Crippen LogP contribution in [-0.2, 0) is 6.42 Å². The van der Waals surface area contributed by atoms with E-state index >= 15 is 0 Å². The Labute approximate surface area is 82.6 Å². The van der Waals surface area contributed by atoms with Gasteiger partial charge in [-0.2, -0.15) is 5.10 Å². The summed E-state index contributed by atoms with van der Waals surface area (Å²) in [7, 11) is 0. The van der Waals surface area contributed by atoms with Crippen LogP contribution in [-0.4, -0.2) is 19.7 Å². The lowest BCUT2D eigenvalue weighted by atomic mass is 10.2. The van der Waals surface area contributed by atoms with Crippen LogP contribution >= 0.6 is 0 Å². The first kappa shape index (κ1) is 8.87. The predicted octanol–water partition coefficient (Wildman–Crippen LogP) is 1.61. The topological polar surface area (TPSA) is 43.6 Å². The first-order chi connectivity index (χ1) is 6.90. The third-order valence-corrected chi connectivity index (χ3v) is 1.94. The molecule has 2 heterocycles. The molecule has 4 heteroatoms. The second-order valence-electron chi connectivity index (χ2n) is 3.09. The van der Waals surface area contributed by atoms with E-state index in [1.165, 1.54) is 5.56 Å². The SMILES string of the molecule is CCCc1cnc(-n2cccn2)nc1. The van der Waals surface area contributed by atoms with Gasteiger partial charge < -0.3 is 0 Å². The average molecular weight is 188 g/mol. The van der Waals surface area contributed by atoms with Crippen LogP contribution in [0.25, 0.3) is 5.95 Å². The molecule has 0 aromatic carbocycles. The minimum atomic E-state index is 0.620. The van der Waals surface area contributed by atoms with Crippen LogP contribution in [0.2, 0.25) is 0 Å². The number of hydrogen-bond donors (Lipinski definition) is 0. The van der Waals surface area contributed by atoms with Gasteiger partial charge in [-0.25, -0.2) is 14.6 Å². The lowest BCUT2D eigenvalue weighted by molar-refractivity contribution is 0.796. The molecule has 0 N–H and O–H groups in total. The van der Waals surface area contributed by atoms with Crippen molar-refractivity contribution in [3.8, 4) is 5.95 Å². The Morgan fingerprint density at radius 2 is 2.07 bits per heavy atom. The van der Waals surface area contributed by atoms with Crippen LogP contribution in [0.4, 0.5) is 0 Å². The van der Waals surface area contributed by atoms with Crippen molar-refractivity contribution in [3.05, 3.63) is 36.4 Å². The smallest absolute Gasteiger partial charge is 0.219 e. The maximum Gasteiger partial charge on any atom is 0.250 e. The molecule has 2 aromatic rings. The van der Waals surface area contributed by atoms with Gasteiger partial charge in [0.15, 0.2) is 0 Å². The molecule has 0 spiro atoms. The Kier molecular flexibility index (Phi) is 2.53. The third-order valence-electron chi connectivity index (χ3n) is 1.94. The summed E-state index contributed by atoms with van der Waals surface area (Å²) in [6.07, 6.45) is 9.39. The van der Waals surface area contributed by atoms with Crippen LogP contribution in [0.1, 0.15) is 18.9 Å². The van der Waals surface area contributed by atoms with Gasteiger partial charge in [0.1, 0.15) is 0 Å². The predicted molar refractivity (Wildman–Crippen MR) is 53.1 cm³/mol. The summed E-state index contributed by atoms with van der Waals surface area (Å²) in [6, 6.07) is 1.85. The molecule has 0 unspecified atom stereocenters. The van der Waals surface area contributed by atoms with Gasteiger partial charge in [0.05, 0.1) is 0 Å². The molecule has 0 saturated heterocycles. The summed E-state index contributed by atoms with van der Waals surface area (Å²) < 4.78 is 1.65. The fourth-order valence-corrected chi connectivity index (χ4v) is 1.27. The molecular formula is C10H12N4. The van der Waals surface area contributed by atoms with Crippen molar-refractivity contribution in [3.63, 3.8) is 0 Å². The first-order valence-electron chi connectivity index (χ1n) is 4.71. The maximum atomic E-state index is 4.23. The monoisotopic (exact) mass is 188 g/mol. The number of rotatable bonds is 3. The maximum absolute atomic E-state index is 4.23. The van der Waals surface area contributed by atoms with E-state index in [4.69, 9.17) is 0 Å². The molecule has 4 nitrogen and oxygen atoms in total. The van der Waals surface area contributed by atoms with Gasteiger partial charge in [0.2, 0.25) is 5.95 Å². The molecule has 0 aliphatic carbocycles. The highest BCUT2D eigenvalue weighted by atomic mass is 15.3. The molecule has 0 fully saturated rings. The van der Waals surface area contributed by atoms with Gasteiger partial charge in [-0.05, 0) is 18.1 Å². The summed E-state index contributed by atoms with van der Waals surface area (Å²) in [5, 5.41) is 4.05. The molecule has 0 radical (unpaired) electrons. The van der Waals surface area contributed by atoms with E-state index in [9.17, 15) is 0 Å². The molecule has 0 atom stereocenters. The highest BCUT2D eigenvalue weighted by Gasteiger charge is 1.98. The van der Waals surface area contributed by atoms with E-state index in [2.05, 4.69) is 22.0 Å². The molecule has 0 amide bonds. The standard InChI is InChI=1S/C10H12N4/c1-2-4-9-7-11-10(12-8-9)14-6-3-5-13-14/h3,5-8H,2,4H2,1H3. The van der Waals surface area contributed by atoms with Crippen LogP contribution in [0, 0.1) is 0 Å². The van der Waals surface area contributed by atoms with Crippen LogP contribution in [0.5, 0.6) is 0 Å². The van der Waals surface area contributed by atoms with E-state index in [-0.39, 0.29) is 0 Å². The Morgan fingerprint density at radius 3 is 2.64 bits per heavy atom. The van der Waals surface area contributed by atoms with Gasteiger partial charge in [-0.1, -0.05) is 13.3 Å². The van der Waals surface area contributed by atoms with Gasteiger partial charge in [0.25, 0.3) is 0 Å². The molecule has 0 aliphatic heterocycles. The summed E-state index contributed by atoms with van der Waals surface area (Å²) in [6.45, 7) is 2.14. The minimum Gasteiger partial charge on any atom is -0.219 e. The Morgan fingerprint density at radius 1 is 1.29 bits per heavy atom. The lowest BCUT2D eigenvalue weighted by Crippen LogP contribution is -2.01. The van der Waals surface area contributed by atoms with Crippen LogP contribution < -0.4 is 0 Å². The number of hydrogen-bond acceptors (Lipinski definition) is 3. The van der Waals surface area contributed by atoms with Crippen LogP contribution in [0.3, 0.4) is 0 Å². The second kappa shape index (κ2) is 4.00. The number of aryl methyl sites for hydroxylation is 1. The summed E-state index contributed by atoms with van der Waals surface area (Å²) in [4.78, 5) is 8.46. The molecule has 0 bridgehead atoms. The average Bonchev–Trinajstić information content (AvgIpc) is 2.72. The minimum absolute atomic E-state index is 0.620. The van der Waals surface area contributed by atoms with Crippen molar-refractivity contribution in [2.75, 3.05) is 0 Å². The van der Waals surface area contributed by atoms with E-state index in [1.54, 1.807) is 10.9 Å². The zero-order valence-electron chi connectivity index (χ0n) is 8.09. The Hall–Kier alpha value is -1.71. The second-order valence-corrected chi connectivity index (χ2v) is 3.09. The molecule has 72 valence electrons. The van der Waals surface area contributed by atoms with Gasteiger partial charge >= 0.3 is 0 Å². The van der Waals surface area contributed by atoms with Gasteiger partial charge in [-0.3, -0.25) is 0 Å². The Balaban J connectivity index is 2.22. The summed E-state index contributed by atoms with van der Waals surface area (Å²) in [5.41, 5.74) is 1.17. The molecule has 2 aromatic heterocycles. The largest absolute Gasteiger partial charge is 0.250 e. The highest BCUT2D eigenvalue weighted by molar-refractivity contribution is 5.13. The van der Waals surface area contributed by atoms with Crippen molar-refractivity contribution in [2.24, 2.45) is 0 Å². The van der Waals surface area contributed by atoms with Crippen molar-refractivity contribution in [1.29, 1.82) is 0 Å². The summed E-state index contributed by atoms with van der Waals surface area (Å²) >= 11 is 0. The highest BCUT2D eigenvalue weighted by Crippen LogP contribution is 2.02. The molecule has 14 heavy (non-hydrogen) atoms. The van der Waals surface area contributed by atoms with E-state index in [1.807, 2.05) is 24.7 Å². The molecule has 0 saturated carbocycles. The third kappa shape index (κ3) is 1.79. The van der Waals surface area contributed by atoms with Crippen molar-refractivity contribution >= 4 is 0 Å². The molecule has 2 rings (SSSR count). The van der Waals surface area contributed by atoms with Crippen molar-refractivity contribution in [1.82, 2.24) is 19.7 Å². The zero-order valence-corrected chi connectivity index (χ0v) is 8.09. The first-order valence-corrected chi connectivity index (χ1v) is 4.71. The van der Waals surface area contributed by atoms with Gasteiger partial charge in [-0.15, -0.1) is 0 Å².